The van der Waals surface area contributed by atoms with Gasteiger partial charge in [-0.3, -0.25) is 0 Å². The van der Waals surface area contributed by atoms with Crippen LogP contribution in [0.1, 0.15) is 43.7 Å². The molecule has 2 nitrogen and oxygen atoms in total. The molecule has 1 aliphatic carbocycles. The molecule has 0 heterocycles. The van der Waals surface area contributed by atoms with Crippen LogP contribution in [0.3, 0.4) is 0 Å². The van der Waals surface area contributed by atoms with Crippen molar-refractivity contribution < 1.29 is 13.5 Å². The molecule has 0 spiro atoms. The summed E-state index contributed by atoms with van der Waals surface area (Å²) in [7, 11) is 0. The Hall–Kier alpha value is -1.16. The molecule has 2 rings (SSSR count). The predicted molar refractivity (Wildman–Crippen MR) is 66.6 cm³/mol. The highest BCUT2D eigenvalue weighted by Crippen LogP contribution is 2.36. The molecular formula is C14H19F2NO. The lowest BCUT2D eigenvalue weighted by Crippen LogP contribution is -2.24. The maximum absolute atomic E-state index is 12.3. The molecule has 0 aliphatic heterocycles. The number of hydrogen-bond donors (Lipinski definition) is 1. The number of benzene rings is 1. The van der Waals surface area contributed by atoms with Gasteiger partial charge in [-0.05, 0) is 24.8 Å². The summed E-state index contributed by atoms with van der Waals surface area (Å²) in [6, 6.07) is 6.65. The molecule has 1 saturated carbocycles. The molecule has 0 radical (unpaired) electrons. The van der Waals surface area contributed by atoms with Crippen molar-refractivity contribution >= 4 is 0 Å². The van der Waals surface area contributed by atoms with Crippen molar-refractivity contribution in [2.24, 2.45) is 11.7 Å². The molecule has 1 aromatic carbocycles. The Kier molecular flexibility index (Phi) is 4.53. The van der Waals surface area contributed by atoms with Crippen LogP contribution in [0.4, 0.5) is 8.78 Å². The summed E-state index contributed by atoms with van der Waals surface area (Å²) < 4.78 is 29.2. The Labute approximate surface area is 106 Å². The first-order chi connectivity index (χ1) is 8.68. The quantitative estimate of drug-likeness (QED) is 0.886. The largest absolute Gasteiger partial charge is 0.434 e. The van der Waals surface area contributed by atoms with Gasteiger partial charge in [-0.25, -0.2) is 0 Å². The van der Waals surface area contributed by atoms with Crippen molar-refractivity contribution in [3.63, 3.8) is 0 Å². The van der Waals surface area contributed by atoms with Crippen molar-refractivity contribution in [2.75, 3.05) is 0 Å². The minimum atomic E-state index is -2.80. The molecule has 0 aromatic heterocycles. The minimum absolute atomic E-state index is 0.208. The molecule has 0 unspecified atom stereocenters. The predicted octanol–water partition coefficient (Wildman–Crippen LogP) is 3.87. The van der Waals surface area contributed by atoms with Gasteiger partial charge in [-0.15, -0.1) is 0 Å². The van der Waals surface area contributed by atoms with E-state index in [4.69, 9.17) is 5.73 Å². The highest BCUT2D eigenvalue weighted by Gasteiger charge is 2.24. The zero-order chi connectivity index (χ0) is 13.0. The van der Waals surface area contributed by atoms with E-state index in [0.717, 1.165) is 12.8 Å². The number of halogens is 2. The number of rotatable bonds is 4. The molecular weight excluding hydrogens is 236 g/mol. The average Bonchev–Trinajstić information content (AvgIpc) is 2.39. The Bertz CT molecular complexity index is 378. The highest BCUT2D eigenvalue weighted by atomic mass is 19.3. The second kappa shape index (κ2) is 6.14. The maximum Gasteiger partial charge on any atom is 0.387 e. The first kappa shape index (κ1) is 13.3. The van der Waals surface area contributed by atoms with Crippen LogP contribution in [0.25, 0.3) is 0 Å². The zero-order valence-corrected chi connectivity index (χ0v) is 10.3. The normalized spacial score (nSPS) is 18.9. The Balaban J connectivity index is 2.15. The number of hydrogen-bond acceptors (Lipinski definition) is 2. The van der Waals surface area contributed by atoms with Gasteiger partial charge >= 0.3 is 6.61 Å². The van der Waals surface area contributed by atoms with Crippen molar-refractivity contribution in [1.82, 2.24) is 0 Å². The highest BCUT2D eigenvalue weighted by molar-refractivity contribution is 5.36. The monoisotopic (exact) mass is 255 g/mol. The lowest BCUT2D eigenvalue weighted by molar-refractivity contribution is -0.0508. The van der Waals surface area contributed by atoms with Crippen LogP contribution in [0.5, 0.6) is 5.75 Å². The van der Waals surface area contributed by atoms with Crippen LogP contribution in [0.2, 0.25) is 0 Å². The third-order valence-corrected chi connectivity index (χ3v) is 3.65. The van der Waals surface area contributed by atoms with Crippen LogP contribution >= 0.6 is 0 Å². The lowest BCUT2D eigenvalue weighted by Gasteiger charge is -2.28. The van der Waals surface area contributed by atoms with Crippen LogP contribution in [-0.2, 0) is 0 Å². The molecule has 1 fully saturated rings. The summed E-state index contributed by atoms with van der Waals surface area (Å²) in [5, 5.41) is 0. The first-order valence-corrected chi connectivity index (χ1v) is 6.48. The Morgan fingerprint density at radius 3 is 2.44 bits per heavy atom. The summed E-state index contributed by atoms with van der Waals surface area (Å²) in [6.07, 6.45) is 5.75. The van der Waals surface area contributed by atoms with Crippen LogP contribution in [0.15, 0.2) is 24.3 Å². The SMILES string of the molecule is N[C@@H](c1ccccc1OC(F)F)C1CCCCC1. The lowest BCUT2D eigenvalue weighted by atomic mass is 9.81. The summed E-state index contributed by atoms with van der Waals surface area (Å²) in [5.74, 6) is 0.590. The fraction of sp³-hybridized carbons (Fsp3) is 0.571. The molecule has 1 aliphatic rings. The summed E-state index contributed by atoms with van der Waals surface area (Å²) in [6.45, 7) is -2.80. The van der Waals surface area contributed by atoms with Gasteiger partial charge in [-0.1, -0.05) is 37.5 Å². The molecule has 4 heteroatoms. The van der Waals surface area contributed by atoms with Gasteiger partial charge in [0.25, 0.3) is 0 Å². The summed E-state index contributed by atoms with van der Waals surface area (Å²) in [5.41, 5.74) is 6.92. The van der Waals surface area contributed by atoms with Gasteiger partial charge in [-0.2, -0.15) is 8.78 Å². The van der Waals surface area contributed by atoms with E-state index < -0.39 is 6.61 Å². The summed E-state index contributed by atoms with van der Waals surface area (Å²) in [4.78, 5) is 0. The molecule has 100 valence electrons. The molecule has 1 atom stereocenters. The second-order valence-electron chi connectivity index (χ2n) is 4.84. The van der Waals surface area contributed by atoms with Crippen LogP contribution in [-0.4, -0.2) is 6.61 Å². The van der Waals surface area contributed by atoms with Crippen molar-refractivity contribution in [2.45, 2.75) is 44.8 Å². The van der Waals surface area contributed by atoms with Gasteiger partial charge in [0.05, 0.1) is 0 Å². The van der Waals surface area contributed by atoms with E-state index in [0.29, 0.717) is 11.5 Å². The van der Waals surface area contributed by atoms with Gasteiger partial charge in [0.2, 0.25) is 0 Å². The third-order valence-electron chi connectivity index (χ3n) is 3.65. The van der Waals surface area contributed by atoms with Crippen LogP contribution < -0.4 is 10.5 Å². The molecule has 2 N–H and O–H groups in total. The van der Waals surface area contributed by atoms with Gasteiger partial charge in [0, 0.05) is 11.6 Å². The van der Waals surface area contributed by atoms with Gasteiger partial charge < -0.3 is 10.5 Å². The maximum atomic E-state index is 12.3. The molecule has 0 saturated heterocycles. The third kappa shape index (κ3) is 3.19. The molecule has 18 heavy (non-hydrogen) atoms. The number of ether oxygens (including phenoxy) is 1. The smallest absolute Gasteiger partial charge is 0.387 e. The van der Waals surface area contributed by atoms with Gasteiger partial charge in [0.1, 0.15) is 5.75 Å². The molecule has 0 amide bonds. The van der Waals surface area contributed by atoms with E-state index in [2.05, 4.69) is 4.74 Å². The van der Waals surface area contributed by atoms with Crippen LogP contribution in [0, 0.1) is 5.92 Å². The second-order valence-corrected chi connectivity index (χ2v) is 4.84. The van der Waals surface area contributed by atoms with Gasteiger partial charge in [0.15, 0.2) is 0 Å². The fourth-order valence-electron chi connectivity index (χ4n) is 2.71. The van der Waals surface area contributed by atoms with Crippen molar-refractivity contribution in [3.8, 4) is 5.75 Å². The minimum Gasteiger partial charge on any atom is -0.434 e. The first-order valence-electron chi connectivity index (χ1n) is 6.48. The Morgan fingerprint density at radius 1 is 1.11 bits per heavy atom. The Morgan fingerprint density at radius 2 is 1.78 bits per heavy atom. The number of alkyl halides is 2. The van der Waals surface area contributed by atoms with E-state index in [-0.39, 0.29) is 11.8 Å². The fourth-order valence-corrected chi connectivity index (χ4v) is 2.71. The van der Waals surface area contributed by atoms with Crippen molar-refractivity contribution in [1.29, 1.82) is 0 Å². The topological polar surface area (TPSA) is 35.2 Å². The zero-order valence-electron chi connectivity index (χ0n) is 10.3. The van der Waals surface area contributed by atoms with E-state index in [1.54, 1.807) is 18.2 Å². The van der Waals surface area contributed by atoms with E-state index in [1.165, 1.54) is 19.3 Å². The summed E-state index contributed by atoms with van der Waals surface area (Å²) >= 11 is 0. The van der Waals surface area contributed by atoms with Crippen molar-refractivity contribution in [3.05, 3.63) is 29.8 Å². The molecule has 1 aromatic rings. The number of para-hydroxylation sites is 1. The standard InChI is InChI=1S/C14H19F2NO/c15-14(16)18-12-9-5-4-8-11(12)13(17)10-6-2-1-3-7-10/h4-5,8-10,13-14H,1-3,6-7,17H2/t13-/m1/s1. The van der Waals surface area contributed by atoms with E-state index >= 15 is 0 Å². The number of nitrogens with two attached hydrogens (primary N) is 1. The van der Waals surface area contributed by atoms with E-state index in [1.807, 2.05) is 6.07 Å². The average molecular weight is 255 g/mol. The van der Waals surface area contributed by atoms with E-state index in [9.17, 15) is 8.78 Å². The molecule has 0 bridgehead atoms.